The number of thiazole rings is 1. The standard InChI is InChI=1S/C26H19N3O4S/c1-32-18-12-11-14(13-19(18)33-2)22-23(29-17-9-5-6-10-20(17)34-26(29)28-22)21-24(30)15-7-3-4-8-16(15)27-25(21)31/h3-13,22H,1-2H3,(H,27,30,31)/p+1. The first kappa shape index (κ1) is 20.4. The van der Waals surface area contributed by atoms with Crippen molar-refractivity contribution in [3.8, 4) is 17.2 Å². The van der Waals surface area contributed by atoms with E-state index < -0.39 is 6.04 Å². The molecule has 8 heteroatoms. The quantitative estimate of drug-likeness (QED) is 0.393. The first-order chi connectivity index (χ1) is 16.6. The summed E-state index contributed by atoms with van der Waals surface area (Å²) in [6, 6.07) is 20.2. The Morgan fingerprint density at radius 1 is 1.00 bits per heavy atom. The number of aromatic nitrogens is 2. The summed E-state index contributed by atoms with van der Waals surface area (Å²) in [7, 11) is 3.16. The molecule has 0 saturated carbocycles. The van der Waals surface area contributed by atoms with E-state index in [4.69, 9.17) is 14.5 Å². The van der Waals surface area contributed by atoms with E-state index in [-0.39, 0.29) is 16.9 Å². The normalized spacial score (nSPS) is 14.9. The van der Waals surface area contributed by atoms with Crippen molar-refractivity contribution in [1.29, 1.82) is 0 Å². The average Bonchev–Trinajstić information content (AvgIpc) is 3.40. The Morgan fingerprint density at radius 2 is 1.76 bits per heavy atom. The summed E-state index contributed by atoms with van der Waals surface area (Å²) in [6.07, 6.45) is 0. The number of pyridine rings is 1. The van der Waals surface area contributed by atoms with Crippen LogP contribution < -0.4 is 24.1 Å². The van der Waals surface area contributed by atoms with Crippen molar-refractivity contribution in [3.05, 3.63) is 98.7 Å². The molecule has 34 heavy (non-hydrogen) atoms. The van der Waals surface area contributed by atoms with Gasteiger partial charge in [0, 0.05) is 10.9 Å². The number of benzene rings is 3. The van der Waals surface area contributed by atoms with E-state index in [9.17, 15) is 9.90 Å². The van der Waals surface area contributed by atoms with E-state index in [0.29, 0.717) is 28.1 Å². The van der Waals surface area contributed by atoms with Crippen LogP contribution in [0.1, 0.15) is 17.2 Å². The molecule has 0 spiro atoms. The fourth-order valence-electron chi connectivity index (χ4n) is 4.55. The molecule has 0 saturated heterocycles. The number of H-pyrrole nitrogens is 1. The smallest absolute Gasteiger partial charge is 0.384 e. The molecule has 1 unspecified atom stereocenters. The minimum absolute atomic E-state index is 0.0642. The van der Waals surface area contributed by atoms with Crippen LogP contribution in [0.3, 0.4) is 0 Å². The first-order valence-electron chi connectivity index (χ1n) is 10.7. The maximum absolute atomic E-state index is 13.4. The highest BCUT2D eigenvalue weighted by Crippen LogP contribution is 2.38. The van der Waals surface area contributed by atoms with Crippen molar-refractivity contribution < 1.29 is 18.8 Å². The minimum atomic E-state index is -0.524. The Bertz CT molecular complexity index is 1790. The second kappa shape index (κ2) is 7.71. The number of hydrogen-bond donors (Lipinski definition) is 2. The number of hydrogen-bond acceptors (Lipinski definition) is 6. The molecular formula is C26H20N3O4S+. The van der Waals surface area contributed by atoms with Crippen molar-refractivity contribution in [2.45, 2.75) is 6.04 Å². The van der Waals surface area contributed by atoms with Crippen LogP contribution >= 0.6 is 11.3 Å². The van der Waals surface area contributed by atoms with Crippen LogP contribution in [0.2, 0.25) is 0 Å². The van der Waals surface area contributed by atoms with Gasteiger partial charge in [0.25, 0.3) is 5.56 Å². The molecule has 3 aromatic carbocycles. The summed E-state index contributed by atoms with van der Waals surface area (Å²) in [4.78, 5) is 22.1. The zero-order valence-corrected chi connectivity index (χ0v) is 19.2. The van der Waals surface area contributed by atoms with E-state index >= 15 is 0 Å². The third-order valence-corrected chi connectivity index (χ3v) is 7.15. The Labute approximate surface area is 197 Å². The zero-order valence-electron chi connectivity index (χ0n) is 18.4. The van der Waals surface area contributed by atoms with Crippen LogP contribution in [-0.4, -0.2) is 24.3 Å². The van der Waals surface area contributed by atoms with Crippen LogP contribution in [0.15, 0.2) is 76.5 Å². The summed E-state index contributed by atoms with van der Waals surface area (Å²) in [5, 5.41) is 11.9. The summed E-state index contributed by atoms with van der Waals surface area (Å²) >= 11 is 1.54. The lowest BCUT2D eigenvalue weighted by Crippen LogP contribution is -2.35. The van der Waals surface area contributed by atoms with E-state index in [1.165, 1.54) is 0 Å². The second-order valence-electron chi connectivity index (χ2n) is 7.94. The van der Waals surface area contributed by atoms with Gasteiger partial charge >= 0.3 is 4.80 Å². The van der Waals surface area contributed by atoms with E-state index in [0.717, 1.165) is 20.6 Å². The molecule has 2 aromatic heterocycles. The predicted octanol–water partition coefficient (Wildman–Crippen LogP) is 3.56. The number of methoxy groups -OCH3 is 2. The summed E-state index contributed by atoms with van der Waals surface area (Å²) in [5.74, 6) is 1.10. The van der Waals surface area contributed by atoms with E-state index in [1.807, 2.05) is 58.8 Å². The zero-order chi connectivity index (χ0) is 23.4. The fraction of sp³-hybridized carbons (Fsp3) is 0.115. The van der Waals surface area contributed by atoms with E-state index in [2.05, 4.69) is 4.98 Å². The van der Waals surface area contributed by atoms with Crippen LogP contribution in [0.4, 0.5) is 0 Å². The largest absolute Gasteiger partial charge is 0.506 e. The molecule has 1 aliphatic rings. The number of ether oxygens (including phenoxy) is 2. The van der Waals surface area contributed by atoms with Crippen LogP contribution in [0, 0.1) is 5.71 Å². The maximum atomic E-state index is 13.4. The van der Waals surface area contributed by atoms with Gasteiger partial charge in [0.05, 0.1) is 24.4 Å². The van der Waals surface area contributed by atoms with Crippen LogP contribution in [0.25, 0.3) is 21.1 Å². The third kappa shape index (κ3) is 2.92. The highest BCUT2D eigenvalue weighted by molar-refractivity contribution is 7.15. The molecule has 5 aromatic rings. The molecular weight excluding hydrogens is 450 g/mol. The van der Waals surface area contributed by atoms with Gasteiger partial charge in [-0.15, -0.1) is 0 Å². The molecule has 0 aliphatic carbocycles. The molecule has 2 N–H and O–H groups in total. The van der Waals surface area contributed by atoms with Gasteiger partial charge in [-0.3, -0.25) is 4.79 Å². The summed E-state index contributed by atoms with van der Waals surface area (Å²) in [6.45, 7) is 0. The van der Waals surface area contributed by atoms with Crippen molar-refractivity contribution in [2.24, 2.45) is 4.99 Å². The van der Waals surface area contributed by atoms with Crippen molar-refractivity contribution in [2.75, 3.05) is 14.2 Å². The van der Waals surface area contributed by atoms with Crippen molar-refractivity contribution in [1.82, 2.24) is 4.98 Å². The molecule has 1 atom stereocenters. The number of aromatic amines is 1. The molecule has 3 heterocycles. The number of aromatic hydroxyl groups is 1. The number of nitrogens with one attached hydrogen (secondary N) is 1. The number of rotatable bonds is 4. The van der Waals surface area contributed by atoms with Crippen LogP contribution in [0.5, 0.6) is 17.2 Å². The van der Waals surface area contributed by atoms with Gasteiger partial charge < -0.3 is 19.6 Å². The molecule has 0 fully saturated rings. The van der Waals surface area contributed by atoms with Gasteiger partial charge in [-0.2, -0.15) is 4.24 Å². The second-order valence-corrected chi connectivity index (χ2v) is 8.95. The monoisotopic (exact) mass is 470 g/mol. The van der Waals surface area contributed by atoms with E-state index in [1.54, 1.807) is 37.7 Å². The highest BCUT2D eigenvalue weighted by Gasteiger charge is 2.39. The lowest BCUT2D eigenvalue weighted by molar-refractivity contribution is -0.498. The Balaban J connectivity index is 1.72. The Kier molecular flexibility index (Phi) is 4.63. The molecule has 168 valence electrons. The molecule has 0 bridgehead atoms. The van der Waals surface area contributed by atoms with Gasteiger partial charge in [0.15, 0.2) is 22.7 Å². The van der Waals surface area contributed by atoms with Gasteiger partial charge in [-0.1, -0.05) is 35.3 Å². The fourth-order valence-corrected chi connectivity index (χ4v) is 5.61. The number of nitrogens with zero attached hydrogens (tertiary/aromatic N) is 2. The van der Waals surface area contributed by atoms with Crippen LogP contribution in [-0.2, 0) is 0 Å². The van der Waals surface area contributed by atoms with Gasteiger partial charge in [-0.05, 0) is 47.7 Å². The SMILES string of the molecule is COc1ccc(C2N=c3sc4ccccc4[n+]3=C2c2c(O)c3ccccc3[nH]c2=O)cc1OC. The average molecular weight is 471 g/mol. The first-order valence-corrected chi connectivity index (χ1v) is 11.5. The Hall–Kier alpha value is -4.17. The lowest BCUT2D eigenvalue weighted by Gasteiger charge is -2.12. The molecule has 1 aliphatic heterocycles. The summed E-state index contributed by atoms with van der Waals surface area (Å²) in [5.41, 5.74) is 2.75. The van der Waals surface area contributed by atoms with Crippen molar-refractivity contribution in [3.63, 3.8) is 0 Å². The van der Waals surface area contributed by atoms with Gasteiger partial charge in [-0.25, -0.2) is 0 Å². The van der Waals surface area contributed by atoms with Gasteiger partial charge in [0.1, 0.15) is 11.3 Å². The number of para-hydroxylation sites is 2. The third-order valence-electron chi connectivity index (χ3n) is 6.11. The summed E-state index contributed by atoms with van der Waals surface area (Å²) < 4.78 is 13.9. The predicted molar refractivity (Wildman–Crippen MR) is 129 cm³/mol. The maximum Gasteiger partial charge on any atom is 0.384 e. The molecule has 0 radical (unpaired) electrons. The molecule has 7 nitrogen and oxygen atoms in total. The molecule has 0 amide bonds. The Morgan fingerprint density at radius 3 is 2.59 bits per heavy atom. The topological polar surface area (TPSA) is 89.8 Å². The molecule has 6 rings (SSSR count). The lowest BCUT2D eigenvalue weighted by atomic mass is 9.96. The highest BCUT2D eigenvalue weighted by atomic mass is 32.1. The minimum Gasteiger partial charge on any atom is -0.506 e. The van der Waals surface area contributed by atoms with Gasteiger partial charge in [0.2, 0.25) is 6.04 Å². The number of fused-ring (bicyclic) bond motifs is 4. The van der Waals surface area contributed by atoms with Crippen molar-refractivity contribution >= 4 is 32.5 Å².